The zero-order valence-corrected chi connectivity index (χ0v) is 13.2. The molecule has 5 heteroatoms. The Morgan fingerprint density at radius 2 is 2.05 bits per heavy atom. The quantitative estimate of drug-likeness (QED) is 0.920. The normalized spacial score (nSPS) is 18.2. The second kappa shape index (κ2) is 6.20. The Hall–Kier alpha value is -0.650. The van der Waals surface area contributed by atoms with E-state index in [1.807, 2.05) is 0 Å². The third-order valence-corrected chi connectivity index (χ3v) is 5.09. The summed E-state index contributed by atoms with van der Waals surface area (Å²) in [6, 6.07) is 0.578. The van der Waals surface area contributed by atoms with Crippen LogP contribution in [-0.2, 0) is 6.61 Å². The molecule has 0 atom stereocenters. The lowest BCUT2D eigenvalue weighted by molar-refractivity contribution is 0.253. The van der Waals surface area contributed by atoms with Gasteiger partial charge in [-0.25, -0.2) is 4.98 Å². The predicted octanol–water partition coefficient (Wildman–Crippen LogP) is 2.29. The van der Waals surface area contributed by atoms with Crippen LogP contribution in [0.4, 0.5) is 5.13 Å². The van der Waals surface area contributed by atoms with Gasteiger partial charge in [-0.3, -0.25) is 0 Å². The molecule has 1 aromatic heterocycles. The van der Waals surface area contributed by atoms with Crippen LogP contribution in [0.25, 0.3) is 0 Å². The standard InChI is InChI=1S/C14H25N3OS/c1-10(2)13-12(9-18)19-14(15-13)17(4)11-5-7-16(3)8-6-11/h10-11,18H,5-9H2,1-4H3. The van der Waals surface area contributed by atoms with Crippen LogP contribution in [0.1, 0.15) is 43.2 Å². The number of likely N-dealkylation sites (tertiary alicyclic amines) is 1. The van der Waals surface area contributed by atoms with E-state index in [2.05, 4.69) is 37.7 Å². The Morgan fingerprint density at radius 1 is 1.42 bits per heavy atom. The average molecular weight is 283 g/mol. The van der Waals surface area contributed by atoms with Crippen LogP contribution in [0.5, 0.6) is 0 Å². The molecule has 1 aliphatic heterocycles. The number of aliphatic hydroxyl groups is 1. The maximum atomic E-state index is 9.45. The van der Waals surface area contributed by atoms with Gasteiger partial charge in [-0.1, -0.05) is 25.2 Å². The van der Waals surface area contributed by atoms with Gasteiger partial charge >= 0.3 is 0 Å². The topological polar surface area (TPSA) is 39.6 Å². The number of thiazole rings is 1. The summed E-state index contributed by atoms with van der Waals surface area (Å²) in [5.74, 6) is 0.373. The lowest BCUT2D eigenvalue weighted by Gasteiger charge is -2.34. The van der Waals surface area contributed by atoms with Gasteiger partial charge in [0.15, 0.2) is 5.13 Å². The average Bonchev–Trinajstić information content (AvgIpc) is 2.83. The molecule has 0 aromatic carbocycles. The minimum atomic E-state index is 0.104. The number of piperidine rings is 1. The lowest BCUT2D eigenvalue weighted by Crippen LogP contribution is -2.41. The molecule has 1 fully saturated rings. The molecule has 0 saturated carbocycles. The highest BCUT2D eigenvalue weighted by molar-refractivity contribution is 7.15. The number of aliphatic hydroxyl groups excluding tert-OH is 1. The molecule has 108 valence electrons. The maximum Gasteiger partial charge on any atom is 0.185 e. The highest BCUT2D eigenvalue weighted by Crippen LogP contribution is 2.32. The van der Waals surface area contributed by atoms with Crippen LogP contribution >= 0.6 is 11.3 Å². The first-order valence-electron chi connectivity index (χ1n) is 7.04. The van der Waals surface area contributed by atoms with E-state index in [4.69, 9.17) is 4.98 Å². The van der Waals surface area contributed by atoms with E-state index in [0.717, 1.165) is 28.8 Å². The third kappa shape index (κ3) is 3.27. The van der Waals surface area contributed by atoms with E-state index in [9.17, 15) is 5.11 Å². The fourth-order valence-electron chi connectivity index (χ4n) is 2.60. The highest BCUT2D eigenvalue weighted by Gasteiger charge is 2.24. The molecule has 2 heterocycles. The van der Waals surface area contributed by atoms with Gasteiger partial charge in [-0.05, 0) is 38.9 Å². The van der Waals surface area contributed by atoms with Crippen molar-refractivity contribution < 1.29 is 5.11 Å². The van der Waals surface area contributed by atoms with Crippen LogP contribution < -0.4 is 4.90 Å². The van der Waals surface area contributed by atoms with Crippen LogP contribution in [0.2, 0.25) is 0 Å². The van der Waals surface area contributed by atoms with E-state index < -0.39 is 0 Å². The van der Waals surface area contributed by atoms with Crippen LogP contribution in [0.15, 0.2) is 0 Å². The van der Waals surface area contributed by atoms with E-state index in [0.29, 0.717) is 12.0 Å². The van der Waals surface area contributed by atoms with Gasteiger partial charge < -0.3 is 14.9 Å². The van der Waals surface area contributed by atoms with E-state index >= 15 is 0 Å². The molecule has 0 radical (unpaired) electrons. The second-order valence-electron chi connectivity index (χ2n) is 5.76. The summed E-state index contributed by atoms with van der Waals surface area (Å²) in [5, 5.41) is 10.5. The van der Waals surface area contributed by atoms with Crippen molar-refractivity contribution in [1.82, 2.24) is 9.88 Å². The summed E-state index contributed by atoms with van der Waals surface area (Å²) < 4.78 is 0. The van der Waals surface area contributed by atoms with E-state index in [1.54, 1.807) is 11.3 Å². The summed E-state index contributed by atoms with van der Waals surface area (Å²) in [4.78, 5) is 10.5. The van der Waals surface area contributed by atoms with Crippen molar-refractivity contribution in [2.45, 2.75) is 45.3 Å². The monoisotopic (exact) mass is 283 g/mol. The molecule has 0 spiro atoms. The first-order valence-corrected chi connectivity index (χ1v) is 7.86. The molecular weight excluding hydrogens is 258 g/mol. The minimum Gasteiger partial charge on any atom is -0.391 e. The molecule has 2 rings (SSSR count). The van der Waals surface area contributed by atoms with E-state index in [-0.39, 0.29) is 6.61 Å². The van der Waals surface area contributed by atoms with Gasteiger partial charge in [0.2, 0.25) is 0 Å². The number of aromatic nitrogens is 1. The van der Waals surface area contributed by atoms with Crippen molar-refractivity contribution in [1.29, 1.82) is 0 Å². The Kier molecular flexibility index (Phi) is 4.81. The first kappa shape index (κ1) is 14.8. The Bertz CT molecular complexity index is 411. The minimum absolute atomic E-state index is 0.104. The van der Waals surface area contributed by atoms with Gasteiger partial charge in [0.1, 0.15) is 0 Å². The summed E-state index contributed by atoms with van der Waals surface area (Å²) >= 11 is 1.64. The molecule has 1 aromatic rings. The largest absolute Gasteiger partial charge is 0.391 e. The second-order valence-corrected chi connectivity index (χ2v) is 6.83. The molecule has 1 saturated heterocycles. The molecule has 4 nitrogen and oxygen atoms in total. The van der Waals surface area contributed by atoms with Crippen molar-refractivity contribution in [2.75, 3.05) is 32.1 Å². The number of hydrogen-bond acceptors (Lipinski definition) is 5. The molecule has 0 aliphatic carbocycles. The molecule has 0 unspecified atom stereocenters. The number of nitrogens with zero attached hydrogens (tertiary/aromatic N) is 3. The Labute approximate surface area is 120 Å². The molecule has 19 heavy (non-hydrogen) atoms. The van der Waals surface area contributed by atoms with Gasteiger partial charge in [0.25, 0.3) is 0 Å². The van der Waals surface area contributed by atoms with Gasteiger partial charge in [-0.2, -0.15) is 0 Å². The van der Waals surface area contributed by atoms with E-state index in [1.165, 1.54) is 12.8 Å². The van der Waals surface area contributed by atoms with Crippen molar-refractivity contribution in [3.63, 3.8) is 0 Å². The summed E-state index contributed by atoms with van der Waals surface area (Å²) in [6.45, 7) is 6.68. The van der Waals surface area contributed by atoms with Crippen molar-refractivity contribution in [2.24, 2.45) is 0 Å². The number of anilines is 1. The lowest BCUT2D eigenvalue weighted by atomic mass is 10.0. The van der Waals surface area contributed by atoms with Crippen molar-refractivity contribution >= 4 is 16.5 Å². The number of rotatable bonds is 4. The first-order chi connectivity index (χ1) is 9.02. The number of hydrogen-bond donors (Lipinski definition) is 1. The third-order valence-electron chi connectivity index (χ3n) is 3.94. The predicted molar refractivity (Wildman–Crippen MR) is 81.0 cm³/mol. The maximum absolute atomic E-state index is 9.45. The molecular formula is C14H25N3OS. The smallest absolute Gasteiger partial charge is 0.185 e. The molecule has 1 N–H and O–H groups in total. The molecule has 0 amide bonds. The van der Waals surface area contributed by atoms with Crippen LogP contribution in [0, 0.1) is 0 Å². The summed E-state index contributed by atoms with van der Waals surface area (Å²) in [7, 11) is 4.32. The van der Waals surface area contributed by atoms with Crippen LogP contribution in [-0.4, -0.2) is 48.2 Å². The molecule has 1 aliphatic rings. The fourth-order valence-corrected chi connectivity index (χ4v) is 3.71. The van der Waals surface area contributed by atoms with Gasteiger partial charge in [-0.15, -0.1) is 0 Å². The molecule has 0 bridgehead atoms. The zero-order valence-electron chi connectivity index (χ0n) is 12.4. The summed E-state index contributed by atoms with van der Waals surface area (Å²) in [6.07, 6.45) is 2.39. The Balaban J connectivity index is 2.12. The van der Waals surface area contributed by atoms with Gasteiger partial charge in [0, 0.05) is 13.1 Å². The zero-order chi connectivity index (χ0) is 14.0. The summed E-state index contributed by atoms with van der Waals surface area (Å²) in [5.41, 5.74) is 1.06. The van der Waals surface area contributed by atoms with Crippen molar-refractivity contribution in [3.8, 4) is 0 Å². The fraction of sp³-hybridized carbons (Fsp3) is 0.786. The van der Waals surface area contributed by atoms with Crippen molar-refractivity contribution in [3.05, 3.63) is 10.6 Å². The SMILES string of the molecule is CC(C)c1nc(N(C)C2CCN(C)CC2)sc1CO. The van der Waals surface area contributed by atoms with Gasteiger partial charge in [0.05, 0.1) is 17.2 Å². The van der Waals surface area contributed by atoms with Crippen LogP contribution in [0.3, 0.4) is 0 Å². The Morgan fingerprint density at radius 3 is 2.53 bits per heavy atom. The highest BCUT2D eigenvalue weighted by atomic mass is 32.1.